The molecule has 0 N–H and O–H groups in total. The van der Waals surface area contributed by atoms with Crippen LogP contribution in [-0.2, 0) is 4.74 Å². The fourth-order valence-corrected chi connectivity index (χ4v) is 2.14. The maximum absolute atomic E-state index is 5.64. The van der Waals surface area contributed by atoms with Crippen LogP contribution >= 0.6 is 0 Å². The molecule has 0 aromatic carbocycles. The van der Waals surface area contributed by atoms with Crippen molar-refractivity contribution in [2.75, 3.05) is 6.61 Å². The lowest BCUT2D eigenvalue weighted by Crippen LogP contribution is -2.56. The Morgan fingerprint density at radius 2 is 1.83 bits per heavy atom. The van der Waals surface area contributed by atoms with E-state index in [-0.39, 0.29) is 0 Å². The van der Waals surface area contributed by atoms with Crippen molar-refractivity contribution in [3.63, 3.8) is 0 Å². The third kappa shape index (κ3) is 1.80. The summed E-state index contributed by atoms with van der Waals surface area (Å²) < 4.78 is 5.64. The number of ether oxygens (including phenoxy) is 1. The Morgan fingerprint density at radius 1 is 1.25 bits per heavy atom. The second-order valence-electron chi connectivity index (χ2n) is 4.17. The summed E-state index contributed by atoms with van der Waals surface area (Å²) in [5, 5.41) is 0. The Hall–Kier alpha value is -0.0800. The zero-order valence-corrected chi connectivity index (χ0v) is 8.87. The quantitative estimate of drug-likeness (QED) is 0.597. The molecule has 1 aliphatic heterocycles. The van der Waals surface area contributed by atoms with Crippen molar-refractivity contribution in [3.8, 4) is 0 Å². The molecule has 2 nitrogen and oxygen atoms in total. The maximum Gasteiger partial charge on any atom is 0.0700 e. The highest BCUT2D eigenvalue weighted by atomic mass is 16.5. The van der Waals surface area contributed by atoms with Crippen LogP contribution in [0.1, 0.15) is 34.6 Å². The van der Waals surface area contributed by atoms with E-state index in [4.69, 9.17) is 4.74 Å². The molecule has 1 rings (SSSR count). The van der Waals surface area contributed by atoms with Crippen molar-refractivity contribution in [2.24, 2.45) is 0 Å². The fraction of sp³-hybridized carbons (Fsp3) is 1.00. The van der Waals surface area contributed by atoms with Crippen LogP contribution in [0.3, 0.4) is 0 Å². The molecule has 0 aliphatic carbocycles. The Labute approximate surface area is 75.9 Å². The van der Waals surface area contributed by atoms with Gasteiger partial charge in [0, 0.05) is 18.1 Å². The summed E-state index contributed by atoms with van der Waals surface area (Å²) in [5.74, 6) is 0. The van der Waals surface area contributed by atoms with Gasteiger partial charge in [-0.1, -0.05) is 0 Å². The Balaban J connectivity index is 2.65. The lowest BCUT2D eigenvalue weighted by molar-refractivity contribution is -0.0966. The van der Waals surface area contributed by atoms with Crippen molar-refractivity contribution < 1.29 is 4.74 Å². The first-order chi connectivity index (χ1) is 5.54. The molecule has 0 amide bonds. The van der Waals surface area contributed by atoms with Gasteiger partial charge in [0.25, 0.3) is 0 Å². The van der Waals surface area contributed by atoms with Crippen LogP contribution in [0.4, 0.5) is 0 Å². The largest absolute Gasteiger partial charge is 0.375 e. The van der Waals surface area contributed by atoms with Gasteiger partial charge in [-0.3, -0.25) is 4.90 Å². The Bertz CT molecular complexity index is 147. The molecule has 1 fully saturated rings. The summed E-state index contributed by atoms with van der Waals surface area (Å²) in [6.45, 7) is 12.0. The van der Waals surface area contributed by atoms with E-state index < -0.39 is 0 Å². The third-order valence-corrected chi connectivity index (χ3v) is 2.86. The number of hydrogen-bond donors (Lipinski definition) is 0. The van der Waals surface area contributed by atoms with Gasteiger partial charge < -0.3 is 4.74 Å². The molecule has 1 aliphatic rings. The normalized spacial score (nSPS) is 39.0. The second-order valence-corrected chi connectivity index (χ2v) is 4.17. The highest BCUT2D eigenvalue weighted by Gasteiger charge is 2.31. The van der Waals surface area contributed by atoms with E-state index in [0.717, 1.165) is 6.61 Å². The Morgan fingerprint density at radius 3 is 2.25 bits per heavy atom. The van der Waals surface area contributed by atoms with Crippen molar-refractivity contribution in [3.05, 3.63) is 0 Å². The summed E-state index contributed by atoms with van der Waals surface area (Å²) in [4.78, 5) is 2.54. The van der Waals surface area contributed by atoms with Crippen molar-refractivity contribution in [1.82, 2.24) is 4.90 Å². The highest BCUT2D eigenvalue weighted by molar-refractivity contribution is 4.84. The summed E-state index contributed by atoms with van der Waals surface area (Å²) in [5.41, 5.74) is 0. The minimum atomic E-state index is 0.378. The lowest BCUT2D eigenvalue weighted by atomic mass is 10.0. The van der Waals surface area contributed by atoms with E-state index in [1.54, 1.807) is 0 Å². The van der Waals surface area contributed by atoms with Crippen LogP contribution in [-0.4, -0.2) is 35.7 Å². The molecule has 0 aromatic heterocycles. The molecule has 3 atom stereocenters. The molecule has 0 aromatic rings. The van der Waals surface area contributed by atoms with E-state index in [2.05, 4.69) is 39.5 Å². The smallest absolute Gasteiger partial charge is 0.0700 e. The minimum Gasteiger partial charge on any atom is -0.375 e. The van der Waals surface area contributed by atoms with Crippen molar-refractivity contribution >= 4 is 0 Å². The topological polar surface area (TPSA) is 12.5 Å². The van der Waals surface area contributed by atoms with Gasteiger partial charge in [0.2, 0.25) is 0 Å². The first kappa shape index (κ1) is 10.0. The van der Waals surface area contributed by atoms with E-state index in [1.807, 2.05) is 0 Å². The van der Waals surface area contributed by atoms with Crippen molar-refractivity contribution in [1.29, 1.82) is 0 Å². The summed E-state index contributed by atoms with van der Waals surface area (Å²) in [6.07, 6.45) is 0.378. The highest BCUT2D eigenvalue weighted by Crippen LogP contribution is 2.20. The predicted molar refractivity (Wildman–Crippen MR) is 51.3 cm³/mol. The van der Waals surface area contributed by atoms with Gasteiger partial charge in [-0.15, -0.1) is 0 Å². The van der Waals surface area contributed by atoms with Crippen LogP contribution in [0.2, 0.25) is 0 Å². The molecule has 0 saturated carbocycles. The first-order valence-electron chi connectivity index (χ1n) is 4.93. The second kappa shape index (κ2) is 3.75. The van der Waals surface area contributed by atoms with Gasteiger partial charge in [-0.05, 0) is 34.6 Å². The number of hydrogen-bond acceptors (Lipinski definition) is 2. The number of nitrogens with zero attached hydrogens (tertiary/aromatic N) is 1. The van der Waals surface area contributed by atoms with E-state index in [9.17, 15) is 0 Å². The van der Waals surface area contributed by atoms with Gasteiger partial charge in [0.1, 0.15) is 0 Å². The van der Waals surface area contributed by atoms with Crippen LogP contribution in [0, 0.1) is 0 Å². The molecular formula is C10H21NO. The molecule has 1 heterocycles. The van der Waals surface area contributed by atoms with Crippen LogP contribution in [0.5, 0.6) is 0 Å². The predicted octanol–water partition coefficient (Wildman–Crippen LogP) is 1.89. The summed E-state index contributed by atoms with van der Waals surface area (Å²) >= 11 is 0. The molecule has 2 heteroatoms. The van der Waals surface area contributed by atoms with E-state index in [0.29, 0.717) is 24.2 Å². The molecule has 72 valence electrons. The van der Waals surface area contributed by atoms with Gasteiger partial charge >= 0.3 is 0 Å². The number of rotatable bonds is 1. The van der Waals surface area contributed by atoms with Crippen LogP contribution in [0.15, 0.2) is 0 Å². The van der Waals surface area contributed by atoms with Crippen molar-refractivity contribution in [2.45, 2.75) is 58.8 Å². The zero-order chi connectivity index (χ0) is 9.30. The Kier molecular flexibility index (Phi) is 3.13. The third-order valence-electron chi connectivity index (χ3n) is 2.86. The average molecular weight is 171 g/mol. The van der Waals surface area contributed by atoms with E-state index in [1.165, 1.54) is 0 Å². The lowest BCUT2D eigenvalue weighted by Gasteiger charge is -2.44. The van der Waals surface area contributed by atoms with Crippen LogP contribution < -0.4 is 0 Å². The number of morpholine rings is 1. The zero-order valence-electron chi connectivity index (χ0n) is 8.87. The summed E-state index contributed by atoms with van der Waals surface area (Å²) in [6, 6.07) is 1.74. The molecule has 12 heavy (non-hydrogen) atoms. The average Bonchev–Trinajstić information content (AvgIpc) is 1.97. The fourth-order valence-electron chi connectivity index (χ4n) is 2.14. The van der Waals surface area contributed by atoms with Gasteiger partial charge in [0.15, 0.2) is 0 Å². The van der Waals surface area contributed by atoms with Gasteiger partial charge in [0.05, 0.1) is 12.7 Å². The molecule has 0 radical (unpaired) electrons. The molecule has 0 bridgehead atoms. The maximum atomic E-state index is 5.64. The van der Waals surface area contributed by atoms with Gasteiger partial charge in [-0.2, -0.15) is 0 Å². The van der Waals surface area contributed by atoms with Gasteiger partial charge in [-0.25, -0.2) is 0 Å². The minimum absolute atomic E-state index is 0.378. The SMILES string of the molecule is CC(C)N1[C@H](C)[C@H](C)OC[C@@H]1C. The first-order valence-corrected chi connectivity index (χ1v) is 4.93. The molecule has 0 unspecified atom stereocenters. The standard InChI is InChI=1S/C10H21NO/c1-7(2)11-8(3)6-12-10(5)9(11)4/h7-10H,6H2,1-5H3/t8-,9+,10-/m0/s1. The summed E-state index contributed by atoms with van der Waals surface area (Å²) in [7, 11) is 0. The van der Waals surface area contributed by atoms with E-state index >= 15 is 0 Å². The monoisotopic (exact) mass is 171 g/mol. The molecule has 1 saturated heterocycles. The molecular weight excluding hydrogens is 150 g/mol. The van der Waals surface area contributed by atoms with Crippen LogP contribution in [0.25, 0.3) is 0 Å². The molecule has 0 spiro atoms.